The number of alkyl halides is 3. The molecule has 0 saturated carbocycles. The van der Waals surface area contributed by atoms with E-state index in [-0.39, 0.29) is 22.6 Å². The van der Waals surface area contributed by atoms with Crippen LogP contribution in [-0.4, -0.2) is 31.1 Å². The lowest BCUT2D eigenvalue weighted by Crippen LogP contribution is -2.32. The van der Waals surface area contributed by atoms with Crippen LogP contribution in [0.25, 0.3) is 0 Å². The molecule has 0 aliphatic heterocycles. The number of benzene rings is 2. The zero-order valence-electron chi connectivity index (χ0n) is 14.7. The molecule has 0 bridgehead atoms. The highest BCUT2D eigenvalue weighted by molar-refractivity contribution is 6.39. The third-order valence-electron chi connectivity index (χ3n) is 3.48. The van der Waals surface area contributed by atoms with Gasteiger partial charge in [-0.05, 0) is 42.0 Å². The van der Waals surface area contributed by atoms with Gasteiger partial charge in [0.2, 0.25) is 0 Å². The number of carboxylic acids is 1. The number of aromatic carboxylic acids is 1. The van der Waals surface area contributed by atoms with Gasteiger partial charge in [-0.15, -0.1) is 0 Å². The minimum Gasteiger partial charge on any atom is -0.545 e. The van der Waals surface area contributed by atoms with E-state index in [9.17, 15) is 32.7 Å². The van der Waals surface area contributed by atoms with Crippen molar-refractivity contribution < 1.29 is 37.4 Å². The number of carboxylic acid groups (broad SMARTS) is 1. The molecule has 0 aliphatic rings. The van der Waals surface area contributed by atoms with Crippen LogP contribution in [0.1, 0.15) is 21.5 Å². The van der Waals surface area contributed by atoms with Gasteiger partial charge in [-0.1, -0.05) is 6.07 Å². The summed E-state index contributed by atoms with van der Waals surface area (Å²) in [5, 5.41) is 16.5. The molecular weight excluding hydrogens is 395 g/mol. The fraction of sp³-hybridized carbons (Fsp3) is 0.111. The highest BCUT2D eigenvalue weighted by Gasteiger charge is 2.30. The number of hydrazone groups is 1. The second kappa shape index (κ2) is 8.87. The summed E-state index contributed by atoms with van der Waals surface area (Å²) in [6, 6.07) is 7.70. The number of hydrogen-bond acceptors (Lipinski definition) is 6. The Kier molecular flexibility index (Phi) is 6.55. The molecule has 0 radical (unpaired) electrons. The highest BCUT2D eigenvalue weighted by atomic mass is 19.4. The van der Waals surface area contributed by atoms with Crippen molar-refractivity contribution in [3.8, 4) is 5.75 Å². The lowest BCUT2D eigenvalue weighted by Gasteiger charge is -2.10. The monoisotopic (exact) mass is 408 g/mol. The van der Waals surface area contributed by atoms with Crippen LogP contribution in [0.3, 0.4) is 0 Å². The SMILES string of the molecule is COc1ccc(/C=N\NC(=O)C(=O)Nc2cccc(C(F)(F)F)c2)cc1C(=O)[O-]. The van der Waals surface area contributed by atoms with Crippen molar-refractivity contribution in [2.75, 3.05) is 12.4 Å². The molecule has 0 aliphatic carbocycles. The molecule has 11 heteroatoms. The third kappa shape index (κ3) is 5.79. The number of nitrogens with one attached hydrogen (secondary N) is 2. The number of nitrogens with zero attached hydrogens (tertiary/aromatic N) is 1. The van der Waals surface area contributed by atoms with E-state index in [4.69, 9.17) is 4.74 Å². The van der Waals surface area contributed by atoms with E-state index in [0.717, 1.165) is 18.3 Å². The lowest BCUT2D eigenvalue weighted by molar-refractivity contribution is -0.255. The fourth-order valence-electron chi connectivity index (χ4n) is 2.14. The first-order chi connectivity index (χ1) is 13.6. The number of hydrogen-bond donors (Lipinski definition) is 2. The van der Waals surface area contributed by atoms with Crippen LogP contribution < -0.4 is 20.6 Å². The second-order valence-corrected chi connectivity index (χ2v) is 5.48. The standard InChI is InChI=1S/C18H14F3N3O5/c1-29-14-6-5-10(7-13(14)17(27)28)9-22-24-16(26)15(25)23-12-4-2-3-11(8-12)18(19,20)21/h2-9H,1H3,(H,23,25)(H,24,26)(H,27,28)/p-1/b22-9-. The number of methoxy groups -OCH3 is 1. The van der Waals surface area contributed by atoms with Crippen molar-refractivity contribution in [2.24, 2.45) is 5.10 Å². The second-order valence-electron chi connectivity index (χ2n) is 5.48. The van der Waals surface area contributed by atoms with Gasteiger partial charge in [0.05, 0.1) is 24.9 Å². The van der Waals surface area contributed by atoms with Crippen LogP contribution in [0.4, 0.5) is 18.9 Å². The predicted molar refractivity (Wildman–Crippen MR) is 93.1 cm³/mol. The van der Waals surface area contributed by atoms with Crippen LogP contribution in [0.15, 0.2) is 47.6 Å². The number of amides is 2. The Labute approximate surface area is 162 Å². The molecule has 2 rings (SSSR count). The Balaban J connectivity index is 2.01. The Morgan fingerprint density at radius 3 is 2.45 bits per heavy atom. The third-order valence-corrected chi connectivity index (χ3v) is 3.48. The van der Waals surface area contributed by atoms with Gasteiger partial charge >= 0.3 is 18.0 Å². The van der Waals surface area contributed by atoms with Crippen molar-refractivity contribution in [3.63, 3.8) is 0 Å². The fourth-order valence-corrected chi connectivity index (χ4v) is 2.14. The van der Waals surface area contributed by atoms with Gasteiger partial charge in [0.25, 0.3) is 0 Å². The summed E-state index contributed by atoms with van der Waals surface area (Å²) in [6.07, 6.45) is -3.54. The van der Waals surface area contributed by atoms with Gasteiger partial charge < -0.3 is 20.0 Å². The van der Waals surface area contributed by atoms with Crippen molar-refractivity contribution in [2.45, 2.75) is 6.18 Å². The Morgan fingerprint density at radius 2 is 1.83 bits per heavy atom. The number of carbonyl (C=O) groups is 3. The molecule has 29 heavy (non-hydrogen) atoms. The molecule has 2 aromatic carbocycles. The van der Waals surface area contributed by atoms with E-state index < -0.39 is 29.5 Å². The first-order valence-corrected chi connectivity index (χ1v) is 7.83. The van der Waals surface area contributed by atoms with Gasteiger partial charge in [0.15, 0.2) is 0 Å². The van der Waals surface area contributed by atoms with E-state index >= 15 is 0 Å². The van der Waals surface area contributed by atoms with Crippen molar-refractivity contribution in [1.29, 1.82) is 0 Å². The number of halogens is 3. The quantitative estimate of drug-likeness (QED) is 0.437. The summed E-state index contributed by atoms with van der Waals surface area (Å²) in [4.78, 5) is 34.5. The van der Waals surface area contributed by atoms with E-state index in [1.54, 1.807) is 0 Å². The molecule has 2 N–H and O–H groups in total. The van der Waals surface area contributed by atoms with Gasteiger partial charge in [-0.2, -0.15) is 18.3 Å². The Morgan fingerprint density at radius 1 is 1.10 bits per heavy atom. The van der Waals surface area contributed by atoms with Crippen LogP contribution in [0, 0.1) is 0 Å². The highest BCUT2D eigenvalue weighted by Crippen LogP contribution is 2.30. The number of anilines is 1. The van der Waals surface area contributed by atoms with E-state index in [0.29, 0.717) is 6.07 Å². The van der Waals surface area contributed by atoms with E-state index in [1.807, 2.05) is 10.7 Å². The number of ether oxygens (including phenoxy) is 1. The molecular formula is C18H13F3N3O5-. The molecule has 0 heterocycles. The summed E-state index contributed by atoms with van der Waals surface area (Å²) >= 11 is 0. The molecule has 0 fully saturated rings. The summed E-state index contributed by atoms with van der Waals surface area (Å²) in [5.41, 5.74) is 0.670. The summed E-state index contributed by atoms with van der Waals surface area (Å²) in [6.45, 7) is 0. The average molecular weight is 408 g/mol. The number of rotatable bonds is 5. The van der Waals surface area contributed by atoms with Crippen LogP contribution in [0.5, 0.6) is 5.75 Å². The van der Waals surface area contributed by atoms with Crippen LogP contribution in [0.2, 0.25) is 0 Å². The molecule has 0 atom stereocenters. The molecule has 0 unspecified atom stereocenters. The largest absolute Gasteiger partial charge is 0.545 e. The molecule has 152 valence electrons. The number of carbonyl (C=O) groups excluding carboxylic acids is 3. The van der Waals surface area contributed by atoms with Gasteiger partial charge in [-0.25, -0.2) is 5.43 Å². The Bertz CT molecular complexity index is 973. The minimum atomic E-state index is -4.60. The van der Waals surface area contributed by atoms with Crippen molar-refractivity contribution >= 4 is 29.7 Å². The van der Waals surface area contributed by atoms with Crippen LogP contribution in [-0.2, 0) is 15.8 Å². The summed E-state index contributed by atoms with van der Waals surface area (Å²) in [5.74, 6) is -3.91. The Hall–Kier alpha value is -3.89. The maximum Gasteiger partial charge on any atom is 0.416 e. The molecule has 2 amide bonds. The molecule has 0 spiro atoms. The minimum absolute atomic E-state index is 0.0617. The van der Waals surface area contributed by atoms with Crippen LogP contribution >= 0.6 is 0 Å². The zero-order chi connectivity index (χ0) is 21.6. The zero-order valence-corrected chi connectivity index (χ0v) is 14.7. The van der Waals surface area contributed by atoms with E-state index in [1.165, 1.54) is 31.4 Å². The van der Waals surface area contributed by atoms with Crippen molar-refractivity contribution in [3.05, 3.63) is 59.2 Å². The molecule has 0 saturated heterocycles. The normalized spacial score (nSPS) is 11.2. The average Bonchev–Trinajstić information content (AvgIpc) is 2.67. The van der Waals surface area contributed by atoms with Gasteiger partial charge in [-0.3, -0.25) is 9.59 Å². The van der Waals surface area contributed by atoms with Gasteiger partial charge in [0, 0.05) is 11.3 Å². The van der Waals surface area contributed by atoms with E-state index in [2.05, 4.69) is 5.10 Å². The molecule has 2 aromatic rings. The molecule has 0 aromatic heterocycles. The summed E-state index contributed by atoms with van der Waals surface area (Å²) in [7, 11) is 1.28. The van der Waals surface area contributed by atoms with Gasteiger partial charge in [0.1, 0.15) is 5.75 Å². The first-order valence-electron chi connectivity index (χ1n) is 7.83. The smallest absolute Gasteiger partial charge is 0.416 e. The first kappa shape index (κ1) is 21.4. The maximum atomic E-state index is 12.7. The summed E-state index contributed by atoms with van der Waals surface area (Å²) < 4.78 is 42.8. The van der Waals surface area contributed by atoms with Crippen molar-refractivity contribution in [1.82, 2.24) is 5.43 Å². The maximum absolute atomic E-state index is 12.7. The predicted octanol–water partition coefficient (Wildman–Crippen LogP) is 1.17. The molecule has 8 nitrogen and oxygen atoms in total. The lowest BCUT2D eigenvalue weighted by atomic mass is 10.1. The topological polar surface area (TPSA) is 120 Å².